The zero-order chi connectivity index (χ0) is 13.2. The van der Waals surface area contributed by atoms with E-state index in [2.05, 4.69) is 30.5 Å². The van der Waals surface area contributed by atoms with Crippen LogP contribution < -0.4 is 11.3 Å². The molecule has 1 atom stereocenters. The van der Waals surface area contributed by atoms with Crippen LogP contribution >= 0.6 is 11.3 Å². The molecule has 0 aromatic carbocycles. The normalized spacial score (nSPS) is 14.2. The summed E-state index contributed by atoms with van der Waals surface area (Å²) in [5, 5.41) is 2.03. The van der Waals surface area contributed by atoms with Crippen molar-refractivity contribution in [2.45, 2.75) is 38.3 Å². The quantitative estimate of drug-likeness (QED) is 0.617. The average molecular weight is 268 g/mol. The number of hydrazine groups is 1. The molecule has 100 valence electrons. The summed E-state index contributed by atoms with van der Waals surface area (Å²) in [6, 6.07) is 0.157. The molecule has 6 heteroatoms. The third kappa shape index (κ3) is 3.08. The minimum atomic E-state index is -0.186. The second-order valence-electron chi connectivity index (χ2n) is 5.06. The van der Waals surface area contributed by atoms with Crippen LogP contribution in [0.4, 0.5) is 0 Å². The zero-order valence-electron chi connectivity index (χ0n) is 11.0. The number of hydrogen-bond donors (Lipinski definition) is 2. The summed E-state index contributed by atoms with van der Waals surface area (Å²) in [7, 11) is 1.72. The van der Waals surface area contributed by atoms with E-state index in [1.54, 1.807) is 18.4 Å². The molecule has 2 aromatic heterocycles. The Hall–Kier alpha value is -0.950. The molecule has 3 N–H and O–H groups in total. The van der Waals surface area contributed by atoms with Gasteiger partial charge >= 0.3 is 0 Å². The molecule has 0 radical (unpaired) electrons. The van der Waals surface area contributed by atoms with Gasteiger partial charge in [0.2, 0.25) is 0 Å². The van der Waals surface area contributed by atoms with Gasteiger partial charge in [0, 0.05) is 37.3 Å². The van der Waals surface area contributed by atoms with Crippen molar-refractivity contribution in [2.75, 3.05) is 7.11 Å². The molecule has 0 aliphatic heterocycles. The van der Waals surface area contributed by atoms with Crippen LogP contribution in [0.15, 0.2) is 17.8 Å². The van der Waals surface area contributed by atoms with Crippen molar-refractivity contribution in [1.82, 2.24) is 14.8 Å². The lowest BCUT2D eigenvalue weighted by atomic mass is 9.96. The van der Waals surface area contributed by atoms with Crippen LogP contribution in [0.1, 0.15) is 26.0 Å². The van der Waals surface area contributed by atoms with Gasteiger partial charge in [-0.15, -0.1) is 11.3 Å². The molecule has 1 unspecified atom stereocenters. The van der Waals surface area contributed by atoms with Crippen molar-refractivity contribution in [1.29, 1.82) is 0 Å². The molecule has 0 spiro atoms. The van der Waals surface area contributed by atoms with E-state index >= 15 is 0 Å². The van der Waals surface area contributed by atoms with E-state index in [0.29, 0.717) is 0 Å². The molecule has 0 amide bonds. The van der Waals surface area contributed by atoms with Gasteiger partial charge in [0.25, 0.3) is 0 Å². The average Bonchev–Trinajstić information content (AvgIpc) is 2.88. The van der Waals surface area contributed by atoms with Crippen LogP contribution in [0.2, 0.25) is 0 Å². The fourth-order valence-corrected chi connectivity index (χ4v) is 2.71. The predicted molar refractivity (Wildman–Crippen MR) is 73.6 cm³/mol. The van der Waals surface area contributed by atoms with Crippen molar-refractivity contribution < 1.29 is 4.74 Å². The third-order valence-corrected chi connectivity index (χ3v) is 3.90. The van der Waals surface area contributed by atoms with Crippen molar-refractivity contribution in [2.24, 2.45) is 5.84 Å². The Labute approximate surface area is 111 Å². The Morgan fingerprint density at radius 3 is 3.00 bits per heavy atom. The molecule has 0 bridgehead atoms. The molecule has 5 nitrogen and oxygen atoms in total. The Balaban J connectivity index is 2.04. The van der Waals surface area contributed by atoms with Crippen molar-refractivity contribution in [3.05, 3.63) is 23.5 Å². The number of rotatable bonds is 6. The Kier molecular flexibility index (Phi) is 4.01. The fraction of sp³-hybridized carbons (Fsp3) is 0.583. The summed E-state index contributed by atoms with van der Waals surface area (Å²) in [5.41, 5.74) is 3.72. The topological polar surface area (TPSA) is 64.6 Å². The first-order valence-electron chi connectivity index (χ1n) is 5.96. The SMILES string of the molecule is COC(C)(C)CC(Cc1cn2ccsc2n1)NN. The van der Waals surface area contributed by atoms with Crippen molar-refractivity contribution >= 4 is 16.3 Å². The van der Waals surface area contributed by atoms with Crippen LogP contribution in [-0.2, 0) is 11.2 Å². The van der Waals surface area contributed by atoms with Gasteiger partial charge in [-0.05, 0) is 20.3 Å². The van der Waals surface area contributed by atoms with Gasteiger partial charge < -0.3 is 4.74 Å². The van der Waals surface area contributed by atoms with Crippen LogP contribution in [0.5, 0.6) is 0 Å². The van der Waals surface area contributed by atoms with E-state index in [-0.39, 0.29) is 11.6 Å². The summed E-state index contributed by atoms with van der Waals surface area (Å²) >= 11 is 1.64. The van der Waals surface area contributed by atoms with E-state index in [1.807, 2.05) is 16.0 Å². The number of hydrogen-bond acceptors (Lipinski definition) is 5. The number of thiazole rings is 1. The van der Waals surface area contributed by atoms with E-state index in [4.69, 9.17) is 10.6 Å². The van der Waals surface area contributed by atoms with Gasteiger partial charge in [0.15, 0.2) is 4.96 Å². The number of methoxy groups -OCH3 is 1. The van der Waals surface area contributed by atoms with E-state index in [1.165, 1.54) is 0 Å². The number of nitrogens with two attached hydrogens (primary N) is 1. The maximum atomic E-state index is 5.61. The van der Waals surface area contributed by atoms with Gasteiger partial charge in [0.1, 0.15) is 0 Å². The highest BCUT2D eigenvalue weighted by molar-refractivity contribution is 7.15. The molecule has 2 heterocycles. The number of imidazole rings is 1. The first-order valence-corrected chi connectivity index (χ1v) is 6.84. The Morgan fingerprint density at radius 2 is 2.39 bits per heavy atom. The Morgan fingerprint density at radius 1 is 1.61 bits per heavy atom. The molecule has 18 heavy (non-hydrogen) atoms. The maximum Gasteiger partial charge on any atom is 0.193 e. The zero-order valence-corrected chi connectivity index (χ0v) is 11.8. The van der Waals surface area contributed by atoms with Crippen molar-refractivity contribution in [3.63, 3.8) is 0 Å². The standard InChI is InChI=1S/C12H20N4OS/c1-12(2,17-3)7-9(15-13)6-10-8-16-4-5-18-11(16)14-10/h4-5,8-9,15H,6-7,13H2,1-3H3. The summed E-state index contributed by atoms with van der Waals surface area (Å²) in [6.45, 7) is 4.12. The molecule has 0 aliphatic rings. The molecular weight excluding hydrogens is 248 g/mol. The number of aromatic nitrogens is 2. The van der Waals surface area contributed by atoms with E-state index < -0.39 is 0 Å². The van der Waals surface area contributed by atoms with Gasteiger partial charge in [-0.1, -0.05) is 0 Å². The fourth-order valence-electron chi connectivity index (χ4n) is 1.99. The Bertz CT molecular complexity index is 476. The highest BCUT2D eigenvalue weighted by Crippen LogP contribution is 2.19. The smallest absolute Gasteiger partial charge is 0.193 e. The van der Waals surface area contributed by atoms with Crippen LogP contribution in [-0.4, -0.2) is 28.1 Å². The van der Waals surface area contributed by atoms with Gasteiger partial charge in [0.05, 0.1) is 11.3 Å². The van der Waals surface area contributed by atoms with Crippen LogP contribution in [0, 0.1) is 0 Å². The molecular formula is C12H20N4OS. The third-order valence-electron chi connectivity index (χ3n) is 3.12. The molecule has 0 aliphatic carbocycles. The van der Waals surface area contributed by atoms with Crippen LogP contribution in [0.3, 0.4) is 0 Å². The lowest BCUT2D eigenvalue weighted by Crippen LogP contribution is -2.42. The molecule has 2 aromatic rings. The van der Waals surface area contributed by atoms with Gasteiger partial charge in [-0.3, -0.25) is 15.7 Å². The second-order valence-corrected chi connectivity index (χ2v) is 5.93. The number of fused-ring (bicyclic) bond motifs is 1. The highest BCUT2D eigenvalue weighted by atomic mass is 32.1. The second kappa shape index (κ2) is 5.36. The molecule has 0 fully saturated rings. The lowest BCUT2D eigenvalue weighted by molar-refractivity contribution is 0.00705. The minimum Gasteiger partial charge on any atom is -0.379 e. The summed E-state index contributed by atoms with van der Waals surface area (Å²) in [5.74, 6) is 5.61. The molecule has 0 saturated heterocycles. The maximum absolute atomic E-state index is 5.61. The number of nitrogens with zero attached hydrogens (tertiary/aromatic N) is 2. The lowest BCUT2D eigenvalue weighted by Gasteiger charge is -2.27. The van der Waals surface area contributed by atoms with Gasteiger partial charge in [-0.2, -0.15) is 0 Å². The van der Waals surface area contributed by atoms with Gasteiger partial charge in [-0.25, -0.2) is 4.98 Å². The first kappa shape index (κ1) is 13.5. The van der Waals surface area contributed by atoms with E-state index in [9.17, 15) is 0 Å². The van der Waals surface area contributed by atoms with Crippen LogP contribution in [0.25, 0.3) is 4.96 Å². The number of ether oxygens (including phenoxy) is 1. The minimum absolute atomic E-state index is 0.157. The number of nitrogens with one attached hydrogen (secondary N) is 1. The van der Waals surface area contributed by atoms with Crippen molar-refractivity contribution in [3.8, 4) is 0 Å². The highest BCUT2D eigenvalue weighted by Gasteiger charge is 2.23. The largest absolute Gasteiger partial charge is 0.379 e. The summed E-state index contributed by atoms with van der Waals surface area (Å²) in [4.78, 5) is 5.58. The molecule has 0 saturated carbocycles. The summed E-state index contributed by atoms with van der Waals surface area (Å²) < 4.78 is 7.47. The predicted octanol–water partition coefficient (Wildman–Crippen LogP) is 1.59. The first-order chi connectivity index (χ1) is 8.54. The van der Waals surface area contributed by atoms with E-state index in [0.717, 1.165) is 23.5 Å². The molecule has 2 rings (SSSR count). The summed E-state index contributed by atoms with van der Waals surface area (Å²) in [6.07, 6.45) is 5.71. The monoisotopic (exact) mass is 268 g/mol.